The molecule has 0 saturated carbocycles. The lowest BCUT2D eigenvalue weighted by Gasteiger charge is -2.35. The van der Waals surface area contributed by atoms with Gasteiger partial charge in [-0.15, -0.1) is 0 Å². The highest BCUT2D eigenvalue weighted by Crippen LogP contribution is 2.28. The van der Waals surface area contributed by atoms with Gasteiger partial charge in [0.25, 0.3) is 0 Å². The van der Waals surface area contributed by atoms with E-state index in [0.717, 1.165) is 36.5 Å². The normalized spacial score (nSPS) is 17.7. The highest BCUT2D eigenvalue weighted by Gasteiger charge is 2.30. The summed E-state index contributed by atoms with van der Waals surface area (Å²) in [5.41, 5.74) is 1.58. The molecular weight excluding hydrogens is 312 g/mol. The van der Waals surface area contributed by atoms with Gasteiger partial charge >= 0.3 is 0 Å². The van der Waals surface area contributed by atoms with E-state index in [1.165, 1.54) is 0 Å². The van der Waals surface area contributed by atoms with Crippen LogP contribution >= 0.6 is 0 Å². The Morgan fingerprint density at radius 2 is 1.70 bits per heavy atom. The Hall–Kier alpha value is -1.11. The minimum atomic E-state index is -3.44. The van der Waals surface area contributed by atoms with Gasteiger partial charge in [-0.2, -0.15) is 4.31 Å². The molecule has 0 N–H and O–H groups in total. The van der Waals surface area contributed by atoms with Crippen molar-refractivity contribution in [3.8, 4) is 5.75 Å². The molecule has 1 aromatic carbocycles. The average Bonchev–Trinajstić information content (AvgIpc) is 2.49. The van der Waals surface area contributed by atoms with Gasteiger partial charge in [0, 0.05) is 32.7 Å². The van der Waals surface area contributed by atoms with E-state index >= 15 is 0 Å². The molecule has 1 aliphatic heterocycles. The van der Waals surface area contributed by atoms with Crippen LogP contribution in [0.5, 0.6) is 5.75 Å². The Kier molecular flexibility index (Phi) is 5.70. The molecule has 0 amide bonds. The fourth-order valence-corrected chi connectivity index (χ4v) is 4.78. The van der Waals surface area contributed by atoms with E-state index in [4.69, 9.17) is 4.74 Å². The van der Waals surface area contributed by atoms with E-state index in [1.807, 2.05) is 13.8 Å². The first-order valence-corrected chi connectivity index (χ1v) is 9.57. The summed E-state index contributed by atoms with van der Waals surface area (Å²) in [6, 6.07) is 3.53. The van der Waals surface area contributed by atoms with Crippen molar-refractivity contribution in [3.05, 3.63) is 23.3 Å². The smallest absolute Gasteiger partial charge is 0.243 e. The SMILES string of the molecule is COc1cc(C)c(S(=O)(=O)N2CCN(CC(C)C)CC2)cc1C. The molecule has 0 bridgehead atoms. The van der Waals surface area contributed by atoms with Crippen molar-refractivity contribution in [1.82, 2.24) is 9.21 Å². The molecule has 23 heavy (non-hydrogen) atoms. The van der Waals surface area contributed by atoms with Crippen LogP contribution in [0.2, 0.25) is 0 Å². The fraction of sp³-hybridized carbons (Fsp3) is 0.647. The van der Waals surface area contributed by atoms with Gasteiger partial charge < -0.3 is 9.64 Å². The third-order valence-corrected chi connectivity index (χ3v) is 6.31. The van der Waals surface area contributed by atoms with Crippen LogP contribution in [0, 0.1) is 19.8 Å². The summed E-state index contributed by atoms with van der Waals surface area (Å²) in [7, 11) is -1.84. The molecule has 0 aromatic heterocycles. The van der Waals surface area contributed by atoms with Crippen molar-refractivity contribution in [3.63, 3.8) is 0 Å². The molecule has 5 nitrogen and oxygen atoms in total. The van der Waals surface area contributed by atoms with Crippen LogP contribution in [-0.2, 0) is 10.0 Å². The van der Waals surface area contributed by atoms with Gasteiger partial charge in [0.1, 0.15) is 5.75 Å². The van der Waals surface area contributed by atoms with Gasteiger partial charge in [-0.25, -0.2) is 8.42 Å². The molecule has 1 aromatic rings. The molecule has 0 spiro atoms. The molecule has 0 radical (unpaired) electrons. The number of rotatable bonds is 5. The summed E-state index contributed by atoms with van der Waals surface area (Å²) >= 11 is 0. The van der Waals surface area contributed by atoms with Gasteiger partial charge in [-0.05, 0) is 43.0 Å². The number of hydrogen-bond acceptors (Lipinski definition) is 4. The second-order valence-corrected chi connectivity index (χ2v) is 8.59. The molecule has 0 unspecified atom stereocenters. The van der Waals surface area contributed by atoms with Crippen molar-refractivity contribution < 1.29 is 13.2 Å². The number of nitrogens with zero attached hydrogens (tertiary/aromatic N) is 2. The van der Waals surface area contributed by atoms with Crippen molar-refractivity contribution in [2.24, 2.45) is 5.92 Å². The average molecular weight is 340 g/mol. The summed E-state index contributed by atoms with van der Waals surface area (Å²) < 4.78 is 32.8. The summed E-state index contributed by atoms with van der Waals surface area (Å²) in [6.45, 7) is 11.8. The Labute approximate surface area is 140 Å². The summed E-state index contributed by atoms with van der Waals surface area (Å²) in [6.07, 6.45) is 0. The predicted octanol–water partition coefficient (Wildman–Crippen LogP) is 2.27. The molecular formula is C17H28N2O3S. The molecule has 2 rings (SSSR count). The summed E-state index contributed by atoms with van der Waals surface area (Å²) in [4.78, 5) is 2.73. The lowest BCUT2D eigenvalue weighted by Crippen LogP contribution is -2.49. The summed E-state index contributed by atoms with van der Waals surface area (Å²) in [5, 5.41) is 0. The van der Waals surface area contributed by atoms with Gasteiger partial charge in [0.2, 0.25) is 10.0 Å². The van der Waals surface area contributed by atoms with Gasteiger partial charge in [-0.3, -0.25) is 0 Å². The number of aryl methyl sites for hydroxylation is 2. The maximum atomic E-state index is 13.0. The third kappa shape index (κ3) is 4.05. The Morgan fingerprint density at radius 3 is 2.22 bits per heavy atom. The van der Waals surface area contributed by atoms with Crippen LogP contribution in [0.1, 0.15) is 25.0 Å². The Bertz CT molecular complexity index is 648. The van der Waals surface area contributed by atoms with Crippen molar-refractivity contribution >= 4 is 10.0 Å². The lowest BCUT2D eigenvalue weighted by atomic mass is 10.1. The zero-order valence-corrected chi connectivity index (χ0v) is 15.6. The van der Waals surface area contributed by atoms with Gasteiger partial charge in [0.05, 0.1) is 12.0 Å². The minimum absolute atomic E-state index is 0.396. The van der Waals surface area contributed by atoms with Crippen LogP contribution < -0.4 is 4.74 Å². The number of sulfonamides is 1. The number of ether oxygens (including phenoxy) is 1. The standard InChI is InChI=1S/C17H28N2O3S/c1-13(2)12-18-6-8-19(9-7-18)23(20,21)17-11-14(3)16(22-5)10-15(17)4/h10-11,13H,6-9,12H2,1-5H3. The van der Waals surface area contributed by atoms with Crippen LogP contribution in [0.15, 0.2) is 17.0 Å². The predicted molar refractivity (Wildman–Crippen MR) is 92.5 cm³/mol. The highest BCUT2D eigenvalue weighted by atomic mass is 32.2. The van der Waals surface area contributed by atoms with Gasteiger partial charge in [-0.1, -0.05) is 13.8 Å². The first-order valence-electron chi connectivity index (χ1n) is 8.13. The molecule has 1 fully saturated rings. The first-order chi connectivity index (χ1) is 10.8. The number of hydrogen-bond donors (Lipinski definition) is 0. The van der Waals surface area contributed by atoms with Crippen LogP contribution in [-0.4, -0.2) is 57.5 Å². The van der Waals surface area contributed by atoms with Crippen LogP contribution in [0.3, 0.4) is 0 Å². The molecule has 0 aliphatic carbocycles. The van der Waals surface area contributed by atoms with Crippen molar-refractivity contribution in [2.45, 2.75) is 32.6 Å². The Balaban J connectivity index is 2.19. The quantitative estimate of drug-likeness (QED) is 0.825. The van der Waals surface area contributed by atoms with E-state index in [9.17, 15) is 8.42 Å². The zero-order valence-electron chi connectivity index (χ0n) is 14.8. The fourth-order valence-electron chi connectivity index (χ4n) is 3.07. The minimum Gasteiger partial charge on any atom is -0.496 e. The maximum Gasteiger partial charge on any atom is 0.243 e. The van der Waals surface area contributed by atoms with Crippen molar-refractivity contribution in [2.75, 3.05) is 39.8 Å². The molecule has 1 heterocycles. The van der Waals surface area contributed by atoms with Crippen LogP contribution in [0.25, 0.3) is 0 Å². The topological polar surface area (TPSA) is 49.9 Å². The number of methoxy groups -OCH3 is 1. The van der Waals surface area contributed by atoms with Crippen LogP contribution in [0.4, 0.5) is 0 Å². The van der Waals surface area contributed by atoms with E-state index in [-0.39, 0.29) is 0 Å². The largest absolute Gasteiger partial charge is 0.496 e. The van der Waals surface area contributed by atoms with E-state index in [1.54, 1.807) is 23.5 Å². The van der Waals surface area contributed by atoms with Crippen molar-refractivity contribution in [1.29, 1.82) is 0 Å². The lowest BCUT2D eigenvalue weighted by molar-refractivity contribution is 0.172. The van der Waals surface area contributed by atoms with E-state index in [0.29, 0.717) is 23.9 Å². The molecule has 6 heteroatoms. The highest BCUT2D eigenvalue weighted by molar-refractivity contribution is 7.89. The number of benzene rings is 1. The zero-order chi connectivity index (χ0) is 17.2. The Morgan fingerprint density at radius 1 is 1.09 bits per heavy atom. The molecule has 130 valence electrons. The molecule has 1 saturated heterocycles. The summed E-state index contributed by atoms with van der Waals surface area (Å²) in [5.74, 6) is 1.33. The third-order valence-electron chi connectivity index (χ3n) is 4.26. The second kappa shape index (κ2) is 7.20. The monoisotopic (exact) mass is 340 g/mol. The molecule has 0 atom stereocenters. The van der Waals surface area contributed by atoms with Gasteiger partial charge in [0.15, 0.2) is 0 Å². The van der Waals surface area contributed by atoms with E-state index < -0.39 is 10.0 Å². The maximum absolute atomic E-state index is 13.0. The van der Waals surface area contributed by atoms with E-state index in [2.05, 4.69) is 18.7 Å². The molecule has 1 aliphatic rings. The number of piperazine rings is 1. The second-order valence-electron chi connectivity index (χ2n) is 6.69. The first kappa shape index (κ1) is 18.2.